The molecule has 0 saturated heterocycles. The number of aromatic nitrogens is 3. The van der Waals surface area contributed by atoms with Crippen LogP contribution in [-0.2, 0) is 27.8 Å². The SMILES string of the molecule is CCOC(=O)Cc1nnc(SC(C)C(=O)Nc2cccc(F)c2)n1C. The quantitative estimate of drug-likeness (QED) is 0.597. The number of esters is 1. The van der Waals surface area contributed by atoms with Gasteiger partial charge in [0.1, 0.15) is 18.1 Å². The molecule has 1 amide bonds. The van der Waals surface area contributed by atoms with Crippen LogP contribution in [-0.4, -0.2) is 38.5 Å². The van der Waals surface area contributed by atoms with Crippen molar-refractivity contribution in [3.63, 3.8) is 0 Å². The van der Waals surface area contributed by atoms with E-state index in [2.05, 4.69) is 15.5 Å². The van der Waals surface area contributed by atoms with Crippen LogP contribution in [0.4, 0.5) is 10.1 Å². The fourth-order valence-corrected chi connectivity index (χ4v) is 2.80. The number of anilines is 1. The van der Waals surface area contributed by atoms with Crippen LogP contribution < -0.4 is 5.32 Å². The second-order valence-corrected chi connectivity index (χ2v) is 6.51. The van der Waals surface area contributed by atoms with Gasteiger partial charge < -0.3 is 14.6 Å². The number of carbonyl (C=O) groups is 2. The number of hydrogen-bond acceptors (Lipinski definition) is 6. The van der Waals surface area contributed by atoms with Gasteiger partial charge in [-0.1, -0.05) is 17.8 Å². The maximum absolute atomic E-state index is 13.2. The minimum atomic E-state index is -0.485. The van der Waals surface area contributed by atoms with Crippen LogP contribution >= 0.6 is 11.8 Å². The van der Waals surface area contributed by atoms with Gasteiger partial charge in [0.15, 0.2) is 5.16 Å². The van der Waals surface area contributed by atoms with Crippen LogP contribution in [0.1, 0.15) is 19.7 Å². The van der Waals surface area contributed by atoms with Gasteiger partial charge in [-0.05, 0) is 32.0 Å². The number of thioether (sulfide) groups is 1. The largest absolute Gasteiger partial charge is 0.466 e. The fraction of sp³-hybridized carbons (Fsp3) is 0.375. The van der Waals surface area contributed by atoms with Crippen molar-refractivity contribution in [2.45, 2.75) is 30.7 Å². The number of hydrogen-bond donors (Lipinski definition) is 1. The van der Waals surface area contributed by atoms with Gasteiger partial charge in [0.2, 0.25) is 5.91 Å². The van der Waals surface area contributed by atoms with Crippen molar-refractivity contribution in [1.82, 2.24) is 14.8 Å². The first-order valence-corrected chi connectivity index (χ1v) is 8.55. The molecule has 1 atom stereocenters. The lowest BCUT2D eigenvalue weighted by Gasteiger charge is -2.11. The van der Waals surface area contributed by atoms with Crippen LogP contribution in [0.3, 0.4) is 0 Å². The number of halogens is 1. The second-order valence-electron chi connectivity index (χ2n) is 5.20. The molecule has 25 heavy (non-hydrogen) atoms. The highest BCUT2D eigenvalue weighted by atomic mass is 32.2. The number of carbonyl (C=O) groups excluding carboxylic acids is 2. The molecule has 0 radical (unpaired) electrons. The Hall–Kier alpha value is -2.42. The summed E-state index contributed by atoms with van der Waals surface area (Å²) in [5.41, 5.74) is 0.387. The molecule has 0 fully saturated rings. The lowest BCUT2D eigenvalue weighted by molar-refractivity contribution is -0.142. The molecule has 0 aliphatic heterocycles. The van der Waals surface area contributed by atoms with E-state index in [9.17, 15) is 14.0 Å². The lowest BCUT2D eigenvalue weighted by Crippen LogP contribution is -2.23. The zero-order chi connectivity index (χ0) is 18.4. The number of ether oxygens (including phenoxy) is 1. The van der Waals surface area contributed by atoms with E-state index in [0.29, 0.717) is 23.3 Å². The maximum atomic E-state index is 13.2. The van der Waals surface area contributed by atoms with Crippen molar-refractivity contribution in [2.75, 3.05) is 11.9 Å². The van der Waals surface area contributed by atoms with E-state index in [1.165, 1.54) is 30.0 Å². The summed E-state index contributed by atoms with van der Waals surface area (Å²) in [7, 11) is 1.72. The van der Waals surface area contributed by atoms with E-state index in [-0.39, 0.29) is 18.3 Å². The summed E-state index contributed by atoms with van der Waals surface area (Å²) < 4.78 is 19.7. The lowest BCUT2D eigenvalue weighted by atomic mass is 10.3. The Morgan fingerprint density at radius 3 is 2.84 bits per heavy atom. The van der Waals surface area contributed by atoms with E-state index in [0.717, 1.165) is 0 Å². The Morgan fingerprint density at radius 2 is 2.16 bits per heavy atom. The molecule has 2 aromatic rings. The highest BCUT2D eigenvalue weighted by molar-refractivity contribution is 8.00. The summed E-state index contributed by atoms with van der Waals surface area (Å²) in [5, 5.41) is 10.6. The molecular weight excluding hydrogens is 347 g/mol. The predicted octanol–water partition coefficient (Wildman–Crippen LogP) is 2.18. The Kier molecular flexibility index (Phi) is 6.51. The molecule has 1 unspecified atom stereocenters. The minimum absolute atomic E-state index is 0.0156. The molecule has 0 aliphatic carbocycles. The zero-order valence-electron chi connectivity index (χ0n) is 14.2. The molecule has 1 N–H and O–H groups in total. The average Bonchev–Trinajstić information content (AvgIpc) is 2.88. The standard InChI is InChI=1S/C16H19FN4O3S/c1-4-24-14(22)9-13-19-20-16(21(13)3)25-10(2)15(23)18-12-7-5-6-11(17)8-12/h5-8,10H,4,9H2,1-3H3,(H,18,23). The topological polar surface area (TPSA) is 86.1 Å². The monoisotopic (exact) mass is 366 g/mol. The average molecular weight is 366 g/mol. The van der Waals surface area contributed by atoms with E-state index < -0.39 is 11.1 Å². The van der Waals surface area contributed by atoms with Crippen LogP contribution in [0.25, 0.3) is 0 Å². The van der Waals surface area contributed by atoms with Crippen LogP contribution in [0, 0.1) is 5.82 Å². The molecule has 134 valence electrons. The van der Waals surface area contributed by atoms with Crippen molar-refractivity contribution in [3.05, 3.63) is 35.9 Å². The molecule has 7 nitrogen and oxygen atoms in total. The maximum Gasteiger partial charge on any atom is 0.313 e. The third-order valence-electron chi connectivity index (χ3n) is 3.28. The molecule has 0 aliphatic rings. The van der Waals surface area contributed by atoms with Crippen LogP contribution in [0.15, 0.2) is 29.4 Å². The summed E-state index contributed by atoms with van der Waals surface area (Å²) in [4.78, 5) is 23.8. The Bertz CT molecular complexity index is 766. The third kappa shape index (κ3) is 5.28. The smallest absolute Gasteiger partial charge is 0.313 e. The van der Waals surface area contributed by atoms with Gasteiger partial charge in [0.25, 0.3) is 0 Å². The molecule has 2 rings (SSSR count). The highest BCUT2D eigenvalue weighted by Crippen LogP contribution is 2.23. The number of amides is 1. The summed E-state index contributed by atoms with van der Waals surface area (Å²) in [6.07, 6.45) is 0.0156. The van der Waals surface area contributed by atoms with E-state index >= 15 is 0 Å². The van der Waals surface area contributed by atoms with E-state index in [1.807, 2.05) is 0 Å². The highest BCUT2D eigenvalue weighted by Gasteiger charge is 2.20. The molecule has 0 spiro atoms. The van der Waals surface area contributed by atoms with Crippen LogP contribution in [0.5, 0.6) is 0 Å². The molecule has 1 heterocycles. The van der Waals surface area contributed by atoms with Crippen molar-refractivity contribution >= 4 is 29.3 Å². The first-order chi connectivity index (χ1) is 11.9. The van der Waals surface area contributed by atoms with Gasteiger partial charge in [-0.3, -0.25) is 9.59 Å². The summed E-state index contributed by atoms with van der Waals surface area (Å²) in [6, 6.07) is 5.68. The number of benzene rings is 1. The second kappa shape index (κ2) is 8.61. The van der Waals surface area contributed by atoms with Gasteiger partial charge >= 0.3 is 5.97 Å². The Morgan fingerprint density at radius 1 is 1.40 bits per heavy atom. The van der Waals surface area contributed by atoms with Crippen LogP contribution in [0.2, 0.25) is 0 Å². The predicted molar refractivity (Wildman–Crippen MR) is 91.7 cm³/mol. The van der Waals surface area contributed by atoms with Gasteiger partial charge in [-0.2, -0.15) is 0 Å². The number of rotatable bonds is 7. The minimum Gasteiger partial charge on any atom is -0.466 e. The van der Waals surface area contributed by atoms with Crippen molar-refractivity contribution in [2.24, 2.45) is 7.05 Å². The Balaban J connectivity index is 1.98. The summed E-state index contributed by atoms with van der Waals surface area (Å²) in [6.45, 7) is 3.74. The molecule has 1 aromatic carbocycles. The Labute approximate surface area is 149 Å². The molecule has 0 saturated carbocycles. The van der Waals surface area contributed by atoms with Crippen molar-refractivity contribution in [1.29, 1.82) is 0 Å². The molecule has 0 bridgehead atoms. The first-order valence-electron chi connectivity index (χ1n) is 7.67. The molecule has 9 heteroatoms. The van der Waals surface area contributed by atoms with E-state index in [1.54, 1.807) is 31.5 Å². The number of nitrogens with one attached hydrogen (secondary N) is 1. The van der Waals surface area contributed by atoms with Gasteiger partial charge in [0.05, 0.1) is 11.9 Å². The summed E-state index contributed by atoms with van der Waals surface area (Å²) in [5.74, 6) is -0.634. The number of nitrogens with zero attached hydrogens (tertiary/aromatic N) is 3. The van der Waals surface area contributed by atoms with E-state index in [4.69, 9.17) is 4.74 Å². The normalized spacial score (nSPS) is 11.8. The first kappa shape index (κ1) is 18.9. The molecular formula is C16H19FN4O3S. The third-order valence-corrected chi connectivity index (χ3v) is 4.41. The van der Waals surface area contributed by atoms with Crippen molar-refractivity contribution in [3.8, 4) is 0 Å². The molecule has 1 aromatic heterocycles. The fourth-order valence-electron chi connectivity index (χ4n) is 1.96. The zero-order valence-corrected chi connectivity index (χ0v) is 15.0. The van der Waals surface area contributed by atoms with Gasteiger partial charge in [-0.25, -0.2) is 4.39 Å². The van der Waals surface area contributed by atoms with Crippen molar-refractivity contribution < 1.29 is 18.7 Å². The summed E-state index contributed by atoms with van der Waals surface area (Å²) >= 11 is 1.19. The van der Waals surface area contributed by atoms with Gasteiger partial charge in [0, 0.05) is 12.7 Å². The van der Waals surface area contributed by atoms with Gasteiger partial charge in [-0.15, -0.1) is 10.2 Å².